The van der Waals surface area contributed by atoms with Crippen molar-refractivity contribution in [1.82, 2.24) is 14.9 Å². The van der Waals surface area contributed by atoms with E-state index in [1.165, 1.54) is 18.2 Å². The van der Waals surface area contributed by atoms with Crippen LogP contribution in [0, 0.1) is 0 Å². The number of aromatic amines is 1. The Kier molecular flexibility index (Phi) is 4.44. The number of rotatable bonds is 5. The molecule has 0 spiro atoms. The minimum atomic E-state index is -3.64. The number of H-pyrrole nitrogens is 1. The van der Waals surface area contributed by atoms with Crippen molar-refractivity contribution in [2.45, 2.75) is 24.4 Å². The molecule has 20 heavy (non-hydrogen) atoms. The van der Waals surface area contributed by atoms with Crippen LogP contribution >= 0.6 is 11.6 Å². The Morgan fingerprint density at radius 3 is 2.85 bits per heavy atom. The molecule has 0 radical (unpaired) electrons. The van der Waals surface area contributed by atoms with Gasteiger partial charge in [-0.3, -0.25) is 5.10 Å². The molecule has 2 rings (SSSR count). The second-order valence-corrected chi connectivity index (χ2v) is 6.45. The van der Waals surface area contributed by atoms with Crippen molar-refractivity contribution in [3.8, 4) is 0 Å². The fraction of sp³-hybridized carbons (Fsp3) is 0.250. The minimum absolute atomic E-state index is 0.137. The number of aromatic nitrogens is 2. The fourth-order valence-electron chi connectivity index (χ4n) is 1.74. The van der Waals surface area contributed by atoms with E-state index in [0.29, 0.717) is 10.6 Å². The SMILES string of the molecule is CC(NS(=O)(=O)c1ccc(Cl)c(CN)c1)c1cn[nH]c1. The van der Waals surface area contributed by atoms with Crippen LogP contribution in [0.15, 0.2) is 35.5 Å². The molecule has 1 aromatic heterocycles. The molecule has 0 saturated carbocycles. The van der Waals surface area contributed by atoms with E-state index in [0.717, 1.165) is 5.56 Å². The van der Waals surface area contributed by atoms with Gasteiger partial charge in [0.1, 0.15) is 0 Å². The van der Waals surface area contributed by atoms with E-state index in [4.69, 9.17) is 17.3 Å². The van der Waals surface area contributed by atoms with Crippen LogP contribution in [-0.2, 0) is 16.6 Å². The van der Waals surface area contributed by atoms with Gasteiger partial charge in [0.15, 0.2) is 0 Å². The molecular formula is C12H15ClN4O2S. The van der Waals surface area contributed by atoms with Gasteiger partial charge in [-0.15, -0.1) is 0 Å². The van der Waals surface area contributed by atoms with Crippen molar-refractivity contribution in [3.63, 3.8) is 0 Å². The maximum atomic E-state index is 12.3. The summed E-state index contributed by atoms with van der Waals surface area (Å²) >= 11 is 5.93. The first-order valence-electron chi connectivity index (χ1n) is 5.93. The van der Waals surface area contributed by atoms with Gasteiger partial charge >= 0.3 is 0 Å². The van der Waals surface area contributed by atoms with E-state index in [2.05, 4.69) is 14.9 Å². The van der Waals surface area contributed by atoms with Crippen molar-refractivity contribution in [2.75, 3.05) is 0 Å². The number of sulfonamides is 1. The maximum absolute atomic E-state index is 12.3. The van der Waals surface area contributed by atoms with Crippen molar-refractivity contribution in [2.24, 2.45) is 5.73 Å². The molecule has 0 aliphatic carbocycles. The average molecular weight is 315 g/mol. The largest absolute Gasteiger partial charge is 0.326 e. The van der Waals surface area contributed by atoms with E-state index in [1.54, 1.807) is 19.3 Å². The number of hydrogen-bond donors (Lipinski definition) is 3. The lowest BCUT2D eigenvalue weighted by molar-refractivity contribution is 0.567. The van der Waals surface area contributed by atoms with Crippen LogP contribution in [0.25, 0.3) is 0 Å². The first-order chi connectivity index (χ1) is 9.44. The van der Waals surface area contributed by atoms with Gasteiger partial charge in [0.2, 0.25) is 10.0 Å². The highest BCUT2D eigenvalue weighted by Crippen LogP contribution is 2.21. The second kappa shape index (κ2) is 5.92. The lowest BCUT2D eigenvalue weighted by Gasteiger charge is -2.13. The predicted octanol–water partition coefficient (Wildman–Crippen LogP) is 1.56. The highest BCUT2D eigenvalue weighted by Gasteiger charge is 2.19. The first kappa shape index (κ1) is 15.0. The van der Waals surface area contributed by atoms with Gasteiger partial charge < -0.3 is 5.73 Å². The van der Waals surface area contributed by atoms with Gasteiger partial charge in [-0.1, -0.05) is 11.6 Å². The summed E-state index contributed by atoms with van der Waals surface area (Å²) in [5, 5.41) is 6.89. The first-order valence-corrected chi connectivity index (χ1v) is 7.79. The molecule has 0 amide bonds. The summed E-state index contributed by atoms with van der Waals surface area (Å²) in [6.07, 6.45) is 3.21. The summed E-state index contributed by atoms with van der Waals surface area (Å²) in [7, 11) is -3.64. The Morgan fingerprint density at radius 1 is 1.50 bits per heavy atom. The van der Waals surface area contributed by atoms with Crippen LogP contribution in [0.2, 0.25) is 5.02 Å². The third kappa shape index (κ3) is 3.18. The van der Waals surface area contributed by atoms with Crippen molar-refractivity contribution in [3.05, 3.63) is 46.7 Å². The molecule has 0 fully saturated rings. The molecule has 108 valence electrons. The standard InChI is InChI=1S/C12H15ClN4O2S/c1-8(10-6-15-16-7-10)17-20(18,19)11-2-3-12(13)9(4-11)5-14/h2-4,6-8,17H,5,14H2,1H3,(H,15,16). The van der Waals surface area contributed by atoms with E-state index >= 15 is 0 Å². The van der Waals surface area contributed by atoms with E-state index in [9.17, 15) is 8.42 Å². The number of nitrogens with one attached hydrogen (secondary N) is 2. The Labute approximate surface area is 122 Å². The Morgan fingerprint density at radius 2 is 2.25 bits per heavy atom. The Hall–Kier alpha value is -1.41. The second-order valence-electron chi connectivity index (χ2n) is 4.33. The quantitative estimate of drug-likeness (QED) is 0.779. The Balaban J connectivity index is 2.26. The van der Waals surface area contributed by atoms with Gasteiger partial charge in [-0.05, 0) is 30.7 Å². The van der Waals surface area contributed by atoms with Crippen molar-refractivity contribution < 1.29 is 8.42 Å². The van der Waals surface area contributed by atoms with Crippen LogP contribution in [0.4, 0.5) is 0 Å². The van der Waals surface area contributed by atoms with E-state index in [-0.39, 0.29) is 11.4 Å². The topological polar surface area (TPSA) is 101 Å². The smallest absolute Gasteiger partial charge is 0.241 e. The summed E-state index contributed by atoms with van der Waals surface area (Å²) < 4.78 is 27.2. The summed E-state index contributed by atoms with van der Waals surface area (Å²) in [6, 6.07) is 4.07. The number of halogens is 1. The molecular weight excluding hydrogens is 300 g/mol. The van der Waals surface area contributed by atoms with Crippen LogP contribution in [0.1, 0.15) is 24.1 Å². The van der Waals surface area contributed by atoms with Gasteiger partial charge in [0.05, 0.1) is 11.1 Å². The zero-order chi connectivity index (χ0) is 14.8. The third-order valence-corrected chi connectivity index (χ3v) is 4.81. The lowest BCUT2D eigenvalue weighted by atomic mass is 10.2. The highest BCUT2D eigenvalue weighted by atomic mass is 35.5. The summed E-state index contributed by atoms with van der Waals surface area (Å²) in [6.45, 7) is 1.92. The van der Waals surface area contributed by atoms with Gasteiger partial charge in [0, 0.05) is 29.4 Å². The number of nitrogens with two attached hydrogens (primary N) is 1. The normalized spacial score (nSPS) is 13.3. The molecule has 2 aromatic rings. The molecule has 1 atom stereocenters. The zero-order valence-corrected chi connectivity index (χ0v) is 12.4. The molecule has 0 bridgehead atoms. The van der Waals surface area contributed by atoms with Gasteiger partial charge in [0.25, 0.3) is 0 Å². The predicted molar refractivity (Wildman–Crippen MR) is 76.7 cm³/mol. The molecule has 1 unspecified atom stereocenters. The van der Waals surface area contributed by atoms with E-state index < -0.39 is 16.1 Å². The lowest BCUT2D eigenvalue weighted by Crippen LogP contribution is -2.26. The molecule has 4 N–H and O–H groups in total. The van der Waals surface area contributed by atoms with Crippen molar-refractivity contribution >= 4 is 21.6 Å². The van der Waals surface area contributed by atoms with Crippen LogP contribution in [0.3, 0.4) is 0 Å². The zero-order valence-electron chi connectivity index (χ0n) is 10.8. The highest BCUT2D eigenvalue weighted by molar-refractivity contribution is 7.89. The minimum Gasteiger partial charge on any atom is -0.326 e. The van der Waals surface area contributed by atoms with Crippen LogP contribution in [0.5, 0.6) is 0 Å². The van der Waals surface area contributed by atoms with Crippen LogP contribution < -0.4 is 10.5 Å². The third-order valence-electron chi connectivity index (χ3n) is 2.90. The fourth-order valence-corrected chi connectivity index (χ4v) is 3.22. The summed E-state index contributed by atoms with van der Waals surface area (Å²) in [4.78, 5) is 0.137. The number of nitrogens with zero attached hydrogens (tertiary/aromatic N) is 1. The summed E-state index contributed by atoms with van der Waals surface area (Å²) in [5.41, 5.74) is 6.87. The molecule has 1 aromatic carbocycles. The number of benzene rings is 1. The molecule has 0 aliphatic rings. The maximum Gasteiger partial charge on any atom is 0.241 e. The van der Waals surface area contributed by atoms with E-state index in [1.807, 2.05) is 0 Å². The monoisotopic (exact) mass is 314 g/mol. The molecule has 0 aliphatic heterocycles. The van der Waals surface area contributed by atoms with Gasteiger partial charge in [-0.25, -0.2) is 13.1 Å². The average Bonchev–Trinajstić information content (AvgIpc) is 2.92. The van der Waals surface area contributed by atoms with Crippen molar-refractivity contribution in [1.29, 1.82) is 0 Å². The van der Waals surface area contributed by atoms with Crippen LogP contribution in [-0.4, -0.2) is 18.6 Å². The molecule has 8 heteroatoms. The number of hydrogen-bond acceptors (Lipinski definition) is 4. The molecule has 6 nitrogen and oxygen atoms in total. The van der Waals surface area contributed by atoms with Gasteiger partial charge in [-0.2, -0.15) is 5.10 Å². The molecule has 0 saturated heterocycles. The Bertz CT molecular complexity index is 685. The summed E-state index contributed by atoms with van der Waals surface area (Å²) in [5.74, 6) is 0. The molecule has 1 heterocycles.